The fourth-order valence-electron chi connectivity index (χ4n) is 1.87. The van der Waals surface area contributed by atoms with Crippen molar-refractivity contribution in [1.29, 1.82) is 0 Å². The summed E-state index contributed by atoms with van der Waals surface area (Å²) in [5.74, 6) is 0.823. The molecule has 1 fully saturated rings. The van der Waals surface area contributed by atoms with Gasteiger partial charge in [-0.15, -0.1) is 23.2 Å². The molecule has 0 amide bonds. The van der Waals surface area contributed by atoms with Crippen molar-refractivity contribution in [2.45, 2.75) is 32.4 Å². The summed E-state index contributed by atoms with van der Waals surface area (Å²) in [4.78, 5) is 0. The third-order valence-electron chi connectivity index (χ3n) is 2.45. The maximum atomic E-state index is 12.6. The van der Waals surface area contributed by atoms with E-state index in [0.717, 1.165) is 6.42 Å². The minimum Gasteiger partial charge on any atom is -0.303 e. The van der Waals surface area contributed by atoms with Gasteiger partial charge in [0.15, 0.2) is 0 Å². The van der Waals surface area contributed by atoms with Crippen LogP contribution < -0.4 is 5.09 Å². The zero-order chi connectivity index (χ0) is 12.2. The molecule has 0 aliphatic carbocycles. The molecule has 1 rings (SSSR count). The summed E-state index contributed by atoms with van der Waals surface area (Å²) in [5, 5.41) is 3.03. The quantitative estimate of drug-likeness (QED) is 0.624. The van der Waals surface area contributed by atoms with Gasteiger partial charge >= 0.3 is 7.67 Å². The van der Waals surface area contributed by atoms with Gasteiger partial charge in [0.25, 0.3) is 0 Å². The first kappa shape index (κ1) is 14.7. The highest BCUT2D eigenvalue weighted by Gasteiger charge is 2.38. The third-order valence-corrected chi connectivity index (χ3v) is 5.34. The summed E-state index contributed by atoms with van der Waals surface area (Å²) in [6.07, 6.45) is 0.856. The van der Waals surface area contributed by atoms with E-state index >= 15 is 0 Å². The van der Waals surface area contributed by atoms with Gasteiger partial charge in [0.2, 0.25) is 0 Å². The standard InChI is InChI=1S/C9H19Cl2N2O2P/c1-8-7-9(2)15-16(14,12-8)13(5-3-10)6-4-11/h8-9H,3-7H2,1-2H3,(H,12,14)/t8-,9+,16+/m1/s1. The minimum absolute atomic E-state index is 0.00441. The predicted molar refractivity (Wildman–Crippen MR) is 68.4 cm³/mol. The molecule has 0 bridgehead atoms. The molecular formula is C9H19Cl2N2O2P. The van der Waals surface area contributed by atoms with Crippen LogP contribution in [0.3, 0.4) is 0 Å². The predicted octanol–water partition coefficient (Wildman–Crippen LogP) is 2.66. The van der Waals surface area contributed by atoms with Crippen LogP contribution in [0.4, 0.5) is 0 Å². The summed E-state index contributed by atoms with van der Waals surface area (Å²) in [5.41, 5.74) is 0. The van der Waals surface area contributed by atoms with Gasteiger partial charge in [0, 0.05) is 30.9 Å². The van der Waals surface area contributed by atoms with Crippen molar-refractivity contribution in [1.82, 2.24) is 9.76 Å². The molecule has 0 aromatic rings. The van der Waals surface area contributed by atoms with Gasteiger partial charge in [0.1, 0.15) is 0 Å². The molecule has 1 aliphatic rings. The Bertz CT molecular complexity index is 248. The van der Waals surface area contributed by atoms with Crippen LogP contribution in [0.25, 0.3) is 0 Å². The van der Waals surface area contributed by atoms with Gasteiger partial charge in [0.05, 0.1) is 6.10 Å². The summed E-state index contributed by atoms with van der Waals surface area (Å²) in [6, 6.07) is 0.183. The SMILES string of the molecule is C[C@@H]1C[C@H](C)O[P@](=O)(N(CCCl)CCCl)N1. The van der Waals surface area contributed by atoms with Crippen LogP contribution in [0.2, 0.25) is 0 Å². The highest BCUT2D eigenvalue weighted by Crippen LogP contribution is 2.51. The Hall–Kier alpha value is 0.690. The fourth-order valence-corrected chi connectivity index (χ4v) is 4.83. The van der Waals surface area contributed by atoms with E-state index in [4.69, 9.17) is 27.7 Å². The zero-order valence-corrected chi connectivity index (χ0v) is 12.1. The van der Waals surface area contributed by atoms with Gasteiger partial charge in [-0.1, -0.05) is 0 Å². The lowest BCUT2D eigenvalue weighted by Gasteiger charge is -2.38. The Morgan fingerprint density at radius 2 is 1.94 bits per heavy atom. The zero-order valence-electron chi connectivity index (χ0n) is 9.66. The molecule has 0 radical (unpaired) electrons. The van der Waals surface area contributed by atoms with Crippen LogP contribution in [0.15, 0.2) is 0 Å². The highest BCUT2D eigenvalue weighted by molar-refractivity contribution is 7.54. The summed E-state index contributed by atoms with van der Waals surface area (Å²) < 4.78 is 19.9. The van der Waals surface area contributed by atoms with Crippen LogP contribution in [0, 0.1) is 0 Å². The lowest BCUT2D eigenvalue weighted by atomic mass is 10.2. The maximum Gasteiger partial charge on any atom is 0.343 e. The van der Waals surface area contributed by atoms with E-state index in [1.807, 2.05) is 13.8 Å². The smallest absolute Gasteiger partial charge is 0.303 e. The Balaban J connectivity index is 2.74. The van der Waals surface area contributed by atoms with Crippen molar-refractivity contribution >= 4 is 30.9 Å². The van der Waals surface area contributed by atoms with Crippen molar-refractivity contribution in [2.75, 3.05) is 24.8 Å². The Kier molecular flexibility index (Phi) is 6.06. The van der Waals surface area contributed by atoms with Gasteiger partial charge in [-0.05, 0) is 20.3 Å². The first-order valence-electron chi connectivity index (χ1n) is 5.45. The minimum atomic E-state index is -2.95. The molecule has 4 nitrogen and oxygen atoms in total. The first-order valence-corrected chi connectivity index (χ1v) is 8.10. The molecule has 0 saturated carbocycles. The number of halogens is 2. The Morgan fingerprint density at radius 1 is 1.38 bits per heavy atom. The normalized spacial score (nSPS) is 35.6. The molecule has 16 heavy (non-hydrogen) atoms. The van der Waals surface area contributed by atoms with E-state index in [0.29, 0.717) is 24.8 Å². The van der Waals surface area contributed by atoms with Gasteiger partial charge < -0.3 is 4.52 Å². The van der Waals surface area contributed by atoms with Crippen LogP contribution >= 0.6 is 30.9 Å². The maximum absolute atomic E-state index is 12.6. The number of hydrogen-bond donors (Lipinski definition) is 1. The van der Waals surface area contributed by atoms with E-state index < -0.39 is 7.67 Å². The molecule has 0 spiro atoms. The van der Waals surface area contributed by atoms with Crippen molar-refractivity contribution in [3.63, 3.8) is 0 Å². The van der Waals surface area contributed by atoms with E-state index in [1.54, 1.807) is 4.67 Å². The molecule has 0 aromatic heterocycles. The van der Waals surface area contributed by atoms with Crippen LogP contribution in [-0.2, 0) is 9.09 Å². The second kappa shape index (κ2) is 6.58. The average Bonchev–Trinajstić information content (AvgIpc) is 2.15. The molecule has 7 heteroatoms. The molecule has 0 unspecified atom stereocenters. The number of rotatable bonds is 5. The van der Waals surface area contributed by atoms with E-state index in [9.17, 15) is 4.57 Å². The summed E-state index contributed by atoms with van der Waals surface area (Å²) >= 11 is 11.4. The topological polar surface area (TPSA) is 41.6 Å². The molecule has 1 N–H and O–H groups in total. The molecule has 96 valence electrons. The third kappa shape index (κ3) is 3.86. The van der Waals surface area contributed by atoms with Gasteiger partial charge in [-0.2, -0.15) is 0 Å². The lowest BCUT2D eigenvalue weighted by molar-refractivity contribution is 0.145. The summed E-state index contributed by atoms with van der Waals surface area (Å²) in [7, 11) is -2.95. The summed E-state index contributed by atoms with van der Waals surface area (Å²) in [6.45, 7) is 4.96. The highest BCUT2D eigenvalue weighted by atomic mass is 35.5. The van der Waals surface area contributed by atoms with Crippen molar-refractivity contribution in [3.05, 3.63) is 0 Å². The molecular weight excluding hydrogens is 270 g/mol. The Morgan fingerprint density at radius 3 is 2.38 bits per heavy atom. The second-order valence-corrected chi connectivity index (χ2v) is 6.87. The largest absolute Gasteiger partial charge is 0.343 e. The van der Waals surface area contributed by atoms with Crippen LogP contribution in [0.5, 0.6) is 0 Å². The average molecular weight is 289 g/mol. The molecule has 1 aliphatic heterocycles. The molecule has 1 saturated heterocycles. The van der Waals surface area contributed by atoms with Crippen molar-refractivity contribution in [2.24, 2.45) is 0 Å². The lowest BCUT2D eigenvalue weighted by Crippen LogP contribution is -2.42. The van der Waals surface area contributed by atoms with Crippen molar-refractivity contribution in [3.8, 4) is 0 Å². The number of alkyl halides is 2. The van der Waals surface area contributed by atoms with Gasteiger partial charge in [-0.3, -0.25) is 4.57 Å². The molecule has 1 heterocycles. The first-order chi connectivity index (χ1) is 7.51. The second-order valence-electron chi connectivity index (χ2n) is 4.03. The monoisotopic (exact) mass is 288 g/mol. The van der Waals surface area contributed by atoms with E-state index in [-0.39, 0.29) is 12.1 Å². The number of nitrogens with one attached hydrogen (secondary N) is 1. The Labute approximate surface area is 107 Å². The number of nitrogens with zero attached hydrogens (tertiary/aromatic N) is 1. The number of hydrogen-bond acceptors (Lipinski definition) is 2. The molecule has 3 atom stereocenters. The van der Waals surface area contributed by atoms with Crippen LogP contribution in [-0.4, -0.2) is 41.7 Å². The van der Waals surface area contributed by atoms with Crippen molar-refractivity contribution < 1.29 is 9.09 Å². The van der Waals surface area contributed by atoms with E-state index in [1.165, 1.54) is 0 Å². The molecule has 0 aromatic carbocycles. The van der Waals surface area contributed by atoms with Gasteiger partial charge in [-0.25, -0.2) is 9.76 Å². The van der Waals surface area contributed by atoms with Crippen LogP contribution in [0.1, 0.15) is 20.3 Å². The van der Waals surface area contributed by atoms with E-state index in [2.05, 4.69) is 5.09 Å². The fraction of sp³-hybridized carbons (Fsp3) is 1.00.